The Hall–Kier alpha value is -1.92. The monoisotopic (exact) mass is 350 g/mol. The number of aryl methyl sites for hydroxylation is 1. The van der Waals surface area contributed by atoms with Crippen LogP contribution in [0, 0.1) is 6.92 Å². The molecule has 0 saturated carbocycles. The lowest BCUT2D eigenvalue weighted by Gasteiger charge is -2.30. The minimum absolute atomic E-state index is 0. The third kappa shape index (κ3) is 4.55. The van der Waals surface area contributed by atoms with E-state index in [2.05, 4.69) is 15.5 Å². The fourth-order valence-corrected chi connectivity index (χ4v) is 2.95. The number of nitrogens with zero attached hydrogens (tertiary/aromatic N) is 3. The largest absolute Gasteiger partial charge is 0.351 e. The van der Waals surface area contributed by atoms with Gasteiger partial charge in [0.25, 0.3) is 5.91 Å². The van der Waals surface area contributed by atoms with Gasteiger partial charge in [0.1, 0.15) is 0 Å². The average Bonchev–Trinajstić information content (AvgIpc) is 2.84. The van der Waals surface area contributed by atoms with Crippen molar-refractivity contribution >= 4 is 18.3 Å². The highest BCUT2D eigenvalue weighted by Gasteiger charge is 2.28. The van der Waals surface area contributed by atoms with Gasteiger partial charge in [0.15, 0.2) is 0 Å². The van der Waals surface area contributed by atoms with E-state index in [1.165, 1.54) is 0 Å². The van der Waals surface area contributed by atoms with Crippen LogP contribution in [0.1, 0.15) is 41.2 Å². The number of hydrogen-bond donors (Lipinski definition) is 1. The molecule has 24 heavy (non-hydrogen) atoms. The van der Waals surface area contributed by atoms with Crippen molar-refractivity contribution in [3.8, 4) is 0 Å². The smallest absolute Gasteiger partial charge is 0.293 e. The highest BCUT2D eigenvalue weighted by Crippen LogP contribution is 2.19. The fraction of sp³-hybridized carbons (Fsp3) is 0.471. The summed E-state index contributed by atoms with van der Waals surface area (Å²) in [5, 5.41) is 7.23. The van der Waals surface area contributed by atoms with Gasteiger partial charge in [0.05, 0.1) is 17.9 Å². The number of hydrogen-bond acceptors (Lipinski definition) is 5. The zero-order valence-corrected chi connectivity index (χ0v) is 14.6. The Morgan fingerprint density at radius 2 is 2.25 bits per heavy atom. The zero-order valence-electron chi connectivity index (χ0n) is 13.8. The van der Waals surface area contributed by atoms with Gasteiger partial charge in [-0.1, -0.05) is 11.2 Å². The second-order valence-corrected chi connectivity index (χ2v) is 5.92. The number of halogens is 1. The molecule has 2 aromatic rings. The number of amides is 1. The number of carbonyl (C=O) groups excluding carboxylic acids is 1. The third-order valence-corrected chi connectivity index (χ3v) is 4.14. The van der Waals surface area contributed by atoms with E-state index in [9.17, 15) is 4.79 Å². The van der Waals surface area contributed by atoms with Crippen molar-refractivity contribution in [3.63, 3.8) is 0 Å². The van der Waals surface area contributed by atoms with E-state index in [-0.39, 0.29) is 24.4 Å². The molecule has 3 rings (SSSR count). The number of nitrogens with one attached hydrogen (secondary N) is 1. The Kier molecular flexibility index (Phi) is 6.75. The highest BCUT2D eigenvalue weighted by atomic mass is 35.5. The molecule has 0 aromatic carbocycles. The average molecular weight is 351 g/mol. The predicted molar refractivity (Wildman–Crippen MR) is 93.1 cm³/mol. The first kappa shape index (κ1) is 18.4. The van der Waals surface area contributed by atoms with Crippen molar-refractivity contribution < 1.29 is 9.32 Å². The van der Waals surface area contributed by atoms with Crippen molar-refractivity contribution in [3.05, 3.63) is 47.6 Å². The van der Waals surface area contributed by atoms with Crippen LogP contribution in [-0.4, -0.2) is 40.1 Å². The summed E-state index contributed by atoms with van der Waals surface area (Å²) in [6.45, 7) is 4.23. The molecule has 1 atom stereocenters. The lowest BCUT2D eigenvalue weighted by Crippen LogP contribution is -2.40. The first-order valence-corrected chi connectivity index (χ1v) is 8.09. The van der Waals surface area contributed by atoms with Crippen LogP contribution in [0.3, 0.4) is 0 Å². The summed E-state index contributed by atoms with van der Waals surface area (Å²) in [5.41, 5.74) is 1.60. The Balaban J connectivity index is 0.00000208. The second-order valence-electron chi connectivity index (χ2n) is 5.92. The van der Waals surface area contributed by atoms with Gasteiger partial charge >= 0.3 is 0 Å². The fourth-order valence-electron chi connectivity index (χ4n) is 2.95. The van der Waals surface area contributed by atoms with Gasteiger partial charge in [-0.2, -0.15) is 0 Å². The van der Waals surface area contributed by atoms with Gasteiger partial charge in [0, 0.05) is 18.3 Å². The molecule has 2 aromatic heterocycles. The summed E-state index contributed by atoms with van der Waals surface area (Å²) >= 11 is 0. The van der Waals surface area contributed by atoms with Gasteiger partial charge in [-0.25, -0.2) is 0 Å². The Labute approximate surface area is 148 Å². The van der Waals surface area contributed by atoms with Crippen LogP contribution in [-0.2, 0) is 6.54 Å². The maximum absolute atomic E-state index is 12.9. The van der Waals surface area contributed by atoms with Crippen molar-refractivity contribution in [1.82, 2.24) is 20.4 Å². The van der Waals surface area contributed by atoms with Crippen LogP contribution in [0.4, 0.5) is 0 Å². The quantitative estimate of drug-likeness (QED) is 0.917. The van der Waals surface area contributed by atoms with Gasteiger partial charge in [-0.3, -0.25) is 9.78 Å². The van der Waals surface area contributed by atoms with E-state index in [1.807, 2.05) is 30.0 Å². The van der Waals surface area contributed by atoms with E-state index in [4.69, 9.17) is 4.52 Å². The van der Waals surface area contributed by atoms with Crippen molar-refractivity contribution in [2.75, 3.05) is 13.1 Å². The first-order chi connectivity index (χ1) is 11.2. The molecule has 0 radical (unpaired) electrons. The molecule has 1 unspecified atom stereocenters. The molecular formula is C17H23ClN4O2. The molecule has 0 spiro atoms. The van der Waals surface area contributed by atoms with Crippen LogP contribution in [0.5, 0.6) is 0 Å². The number of carbonyl (C=O) groups is 1. The van der Waals surface area contributed by atoms with Crippen molar-refractivity contribution in [2.45, 2.75) is 38.8 Å². The van der Waals surface area contributed by atoms with Crippen LogP contribution in [0.15, 0.2) is 35.0 Å². The molecule has 1 saturated heterocycles. The Morgan fingerprint density at radius 1 is 1.38 bits per heavy atom. The molecule has 7 heteroatoms. The van der Waals surface area contributed by atoms with E-state index in [0.29, 0.717) is 18.0 Å². The third-order valence-electron chi connectivity index (χ3n) is 4.14. The highest BCUT2D eigenvalue weighted by molar-refractivity contribution is 5.91. The first-order valence-electron chi connectivity index (χ1n) is 8.09. The minimum atomic E-state index is -0.108. The van der Waals surface area contributed by atoms with Crippen LogP contribution in [0.25, 0.3) is 0 Å². The molecule has 1 aliphatic heterocycles. The van der Waals surface area contributed by atoms with E-state index < -0.39 is 0 Å². The van der Waals surface area contributed by atoms with Crippen LogP contribution < -0.4 is 5.32 Å². The molecular weight excluding hydrogens is 328 g/mol. The van der Waals surface area contributed by atoms with Gasteiger partial charge < -0.3 is 14.7 Å². The number of aromatic nitrogens is 2. The molecule has 130 valence electrons. The summed E-state index contributed by atoms with van der Waals surface area (Å²) in [7, 11) is 0. The summed E-state index contributed by atoms with van der Waals surface area (Å²) in [6.07, 6.45) is 4.74. The molecule has 0 aliphatic carbocycles. The topological polar surface area (TPSA) is 71.3 Å². The molecule has 1 aliphatic rings. The standard InChI is InChI=1S/C17H22N4O2.ClH/c1-13-11-16(23-20-13)17(22)21(12-14-5-2-3-9-19-14)15-6-4-8-18-10-7-15;/h2-3,5,9,11,15,18H,4,6-8,10,12H2,1H3;1H. The lowest BCUT2D eigenvalue weighted by atomic mass is 10.1. The van der Waals surface area contributed by atoms with E-state index >= 15 is 0 Å². The lowest BCUT2D eigenvalue weighted by molar-refractivity contribution is 0.0599. The van der Waals surface area contributed by atoms with Crippen molar-refractivity contribution in [1.29, 1.82) is 0 Å². The van der Waals surface area contributed by atoms with E-state index in [0.717, 1.165) is 38.0 Å². The molecule has 0 bridgehead atoms. The molecule has 3 heterocycles. The SMILES string of the molecule is Cc1cc(C(=O)N(Cc2ccccn2)C2CCCNCC2)on1.Cl. The molecule has 6 nitrogen and oxygen atoms in total. The summed E-state index contributed by atoms with van der Waals surface area (Å²) in [6, 6.07) is 7.65. The minimum Gasteiger partial charge on any atom is -0.351 e. The number of pyridine rings is 1. The van der Waals surface area contributed by atoms with Crippen molar-refractivity contribution in [2.24, 2.45) is 0 Å². The summed E-state index contributed by atoms with van der Waals surface area (Å²) < 4.78 is 5.19. The Bertz CT molecular complexity index is 639. The van der Waals surface area contributed by atoms with Gasteiger partial charge in [-0.05, 0) is 51.4 Å². The zero-order chi connectivity index (χ0) is 16.1. The Morgan fingerprint density at radius 3 is 2.96 bits per heavy atom. The normalized spacial score (nSPS) is 17.6. The number of rotatable bonds is 4. The molecule has 1 amide bonds. The molecule has 1 fully saturated rings. The summed E-state index contributed by atoms with van der Waals surface area (Å²) in [5.74, 6) is 0.193. The second kappa shape index (κ2) is 8.80. The predicted octanol–water partition coefficient (Wildman–Crippen LogP) is 2.58. The summed E-state index contributed by atoms with van der Waals surface area (Å²) in [4.78, 5) is 19.2. The maximum Gasteiger partial charge on any atom is 0.293 e. The van der Waals surface area contributed by atoms with Gasteiger partial charge in [-0.15, -0.1) is 12.4 Å². The van der Waals surface area contributed by atoms with Gasteiger partial charge in [0.2, 0.25) is 5.76 Å². The van der Waals surface area contributed by atoms with E-state index in [1.54, 1.807) is 12.3 Å². The van der Waals surface area contributed by atoms with Crippen LogP contribution in [0.2, 0.25) is 0 Å². The molecule has 1 N–H and O–H groups in total. The van der Waals surface area contributed by atoms with Crippen LogP contribution >= 0.6 is 12.4 Å². The maximum atomic E-state index is 12.9.